The van der Waals surface area contributed by atoms with Gasteiger partial charge in [0.15, 0.2) is 0 Å². The summed E-state index contributed by atoms with van der Waals surface area (Å²) >= 11 is 6.14. The molecule has 0 amide bonds. The number of nitrogens with one attached hydrogen (secondary N) is 1. The molecule has 1 atom stereocenters. The zero-order chi connectivity index (χ0) is 11.5. The van der Waals surface area contributed by atoms with Gasteiger partial charge in [-0.3, -0.25) is 4.68 Å². The van der Waals surface area contributed by atoms with Gasteiger partial charge in [0.1, 0.15) is 0 Å². The van der Waals surface area contributed by atoms with Gasteiger partial charge in [0.25, 0.3) is 0 Å². The average Bonchev–Trinajstić information content (AvgIpc) is 3.03. The van der Waals surface area contributed by atoms with Gasteiger partial charge < -0.3 is 5.32 Å². The Morgan fingerprint density at radius 1 is 1.62 bits per heavy atom. The fraction of sp³-hybridized carbons (Fsp3) is 0.750. The molecule has 90 valence electrons. The van der Waals surface area contributed by atoms with Gasteiger partial charge in [0.05, 0.1) is 16.9 Å². The van der Waals surface area contributed by atoms with Gasteiger partial charge in [0.2, 0.25) is 0 Å². The summed E-state index contributed by atoms with van der Waals surface area (Å²) in [7, 11) is 0. The molecule has 0 saturated heterocycles. The lowest BCUT2D eigenvalue weighted by molar-refractivity contribution is 0.486. The van der Waals surface area contributed by atoms with E-state index in [-0.39, 0.29) is 0 Å². The monoisotopic (exact) mass is 241 g/mol. The number of aryl methyl sites for hydroxylation is 1. The minimum absolute atomic E-state index is 0.611. The molecule has 0 bridgehead atoms. The molecule has 0 aliphatic heterocycles. The maximum absolute atomic E-state index is 6.14. The second-order valence-corrected chi connectivity index (χ2v) is 5.15. The Morgan fingerprint density at radius 2 is 2.38 bits per heavy atom. The summed E-state index contributed by atoms with van der Waals surface area (Å²) in [5, 5.41) is 8.62. The van der Waals surface area contributed by atoms with Crippen LogP contribution in [0.3, 0.4) is 0 Å². The predicted octanol–water partition coefficient (Wildman–Crippen LogP) is 2.49. The van der Waals surface area contributed by atoms with Crippen LogP contribution in [0, 0.1) is 5.92 Å². The van der Waals surface area contributed by atoms with Gasteiger partial charge in [-0.2, -0.15) is 5.10 Å². The predicted molar refractivity (Wildman–Crippen MR) is 66.8 cm³/mol. The third-order valence-corrected chi connectivity index (χ3v) is 3.39. The highest BCUT2D eigenvalue weighted by Crippen LogP contribution is 2.21. The lowest BCUT2D eigenvalue weighted by Gasteiger charge is -2.13. The van der Waals surface area contributed by atoms with Gasteiger partial charge in [0, 0.05) is 12.6 Å². The van der Waals surface area contributed by atoms with Crippen LogP contribution in [-0.4, -0.2) is 22.4 Å². The lowest BCUT2D eigenvalue weighted by Crippen LogP contribution is -2.25. The first-order valence-corrected chi connectivity index (χ1v) is 6.52. The highest BCUT2D eigenvalue weighted by atomic mass is 35.5. The molecule has 2 rings (SSSR count). The molecule has 1 N–H and O–H groups in total. The number of rotatable bonds is 6. The molecule has 1 aromatic heterocycles. The van der Waals surface area contributed by atoms with Crippen molar-refractivity contribution < 1.29 is 0 Å². The minimum atomic E-state index is 0.611. The number of halogens is 1. The molecule has 4 heteroatoms. The first-order valence-electron chi connectivity index (χ1n) is 6.14. The van der Waals surface area contributed by atoms with E-state index >= 15 is 0 Å². The number of aromatic nitrogens is 2. The molecule has 16 heavy (non-hydrogen) atoms. The maximum atomic E-state index is 6.14. The minimum Gasteiger partial charge on any atom is -0.314 e. The Hall–Kier alpha value is -0.540. The molecule has 1 unspecified atom stereocenters. The number of hydrogen-bond donors (Lipinski definition) is 1. The Morgan fingerprint density at radius 3 is 3.00 bits per heavy atom. The fourth-order valence-electron chi connectivity index (χ4n) is 1.92. The van der Waals surface area contributed by atoms with E-state index in [0.717, 1.165) is 30.6 Å². The van der Waals surface area contributed by atoms with Crippen LogP contribution in [0.5, 0.6) is 0 Å². The Bertz CT molecular complexity index is 344. The zero-order valence-electron chi connectivity index (χ0n) is 10.0. The van der Waals surface area contributed by atoms with Gasteiger partial charge in [-0.15, -0.1) is 0 Å². The Balaban J connectivity index is 1.87. The van der Waals surface area contributed by atoms with Crippen molar-refractivity contribution >= 4 is 11.6 Å². The van der Waals surface area contributed by atoms with Crippen LogP contribution < -0.4 is 5.32 Å². The summed E-state index contributed by atoms with van der Waals surface area (Å²) in [5.41, 5.74) is 1.18. The highest BCUT2D eigenvalue weighted by molar-refractivity contribution is 6.31. The van der Waals surface area contributed by atoms with E-state index in [0.29, 0.717) is 5.92 Å². The van der Waals surface area contributed by atoms with Crippen LogP contribution in [0.4, 0.5) is 0 Å². The maximum Gasteiger partial charge on any atom is 0.0817 e. The molecule has 3 nitrogen and oxygen atoms in total. The smallest absolute Gasteiger partial charge is 0.0817 e. The third kappa shape index (κ3) is 2.98. The molecule has 1 fully saturated rings. The molecule has 1 aliphatic carbocycles. The molecular weight excluding hydrogens is 222 g/mol. The summed E-state index contributed by atoms with van der Waals surface area (Å²) in [4.78, 5) is 0. The molecule has 1 aromatic rings. The summed E-state index contributed by atoms with van der Waals surface area (Å²) in [5.74, 6) is 0.611. The van der Waals surface area contributed by atoms with E-state index in [1.165, 1.54) is 18.5 Å². The fourth-order valence-corrected chi connectivity index (χ4v) is 2.14. The molecule has 1 heterocycles. The Kier molecular flexibility index (Phi) is 3.87. The average molecular weight is 242 g/mol. The number of hydrogen-bond acceptors (Lipinski definition) is 2. The molecular formula is C12H20ClN3. The summed E-state index contributed by atoms with van der Waals surface area (Å²) in [6, 6.07) is 0.786. The van der Waals surface area contributed by atoms with Crippen molar-refractivity contribution in [3.63, 3.8) is 0 Å². The van der Waals surface area contributed by atoms with Gasteiger partial charge >= 0.3 is 0 Å². The number of nitrogens with zero attached hydrogens (tertiary/aromatic N) is 2. The van der Waals surface area contributed by atoms with E-state index < -0.39 is 0 Å². The van der Waals surface area contributed by atoms with Gasteiger partial charge in [-0.25, -0.2) is 0 Å². The summed E-state index contributed by atoms with van der Waals surface area (Å²) in [6.07, 6.45) is 5.45. The van der Waals surface area contributed by atoms with E-state index in [1.54, 1.807) is 6.20 Å². The van der Waals surface area contributed by atoms with Gasteiger partial charge in [-0.05, 0) is 38.6 Å². The second kappa shape index (κ2) is 5.19. The molecule has 1 aliphatic rings. The van der Waals surface area contributed by atoms with Gasteiger partial charge in [-0.1, -0.05) is 18.5 Å². The van der Waals surface area contributed by atoms with Crippen molar-refractivity contribution in [2.45, 2.75) is 45.7 Å². The topological polar surface area (TPSA) is 29.9 Å². The van der Waals surface area contributed by atoms with Crippen molar-refractivity contribution in [1.82, 2.24) is 15.1 Å². The third-order valence-electron chi connectivity index (χ3n) is 3.07. The first-order chi connectivity index (χ1) is 7.70. The summed E-state index contributed by atoms with van der Waals surface area (Å²) < 4.78 is 2.00. The van der Waals surface area contributed by atoms with Crippen molar-refractivity contribution in [1.29, 1.82) is 0 Å². The molecule has 0 aromatic carbocycles. The van der Waals surface area contributed by atoms with Crippen LogP contribution in [0.15, 0.2) is 6.20 Å². The quantitative estimate of drug-likeness (QED) is 0.830. The Labute approximate surface area is 102 Å². The van der Waals surface area contributed by atoms with Crippen LogP contribution >= 0.6 is 11.6 Å². The van der Waals surface area contributed by atoms with Crippen molar-refractivity contribution in [2.24, 2.45) is 5.92 Å². The first kappa shape index (κ1) is 11.9. The van der Waals surface area contributed by atoms with Crippen LogP contribution in [0.2, 0.25) is 5.02 Å². The van der Waals surface area contributed by atoms with Crippen molar-refractivity contribution in [3.8, 4) is 0 Å². The van der Waals surface area contributed by atoms with Crippen LogP contribution in [-0.2, 0) is 13.0 Å². The highest BCUT2D eigenvalue weighted by Gasteiger charge is 2.21. The van der Waals surface area contributed by atoms with Crippen molar-refractivity contribution in [3.05, 3.63) is 16.9 Å². The SMILES string of the molecule is CCn1ncc(Cl)c1CC(C)CNC1CC1. The van der Waals surface area contributed by atoms with E-state index in [1.807, 2.05) is 4.68 Å². The van der Waals surface area contributed by atoms with E-state index in [4.69, 9.17) is 11.6 Å². The normalized spacial score (nSPS) is 17.7. The largest absolute Gasteiger partial charge is 0.314 e. The second-order valence-electron chi connectivity index (χ2n) is 4.75. The van der Waals surface area contributed by atoms with Crippen LogP contribution in [0.1, 0.15) is 32.4 Å². The lowest BCUT2D eigenvalue weighted by atomic mass is 10.1. The zero-order valence-corrected chi connectivity index (χ0v) is 10.8. The molecule has 1 saturated carbocycles. The summed E-state index contributed by atoms with van der Waals surface area (Å²) in [6.45, 7) is 6.33. The van der Waals surface area contributed by atoms with Crippen LogP contribution in [0.25, 0.3) is 0 Å². The van der Waals surface area contributed by atoms with Crippen molar-refractivity contribution in [2.75, 3.05) is 6.54 Å². The molecule has 0 radical (unpaired) electrons. The van der Waals surface area contributed by atoms with E-state index in [2.05, 4.69) is 24.3 Å². The van der Waals surface area contributed by atoms with E-state index in [9.17, 15) is 0 Å². The standard InChI is InChI=1S/C12H20ClN3/c1-3-16-12(11(13)8-15-16)6-9(2)7-14-10-4-5-10/h8-10,14H,3-7H2,1-2H3. The molecule has 0 spiro atoms.